The molecule has 2 aromatic rings. The lowest BCUT2D eigenvalue weighted by Gasteiger charge is -2.09. The average molecular weight is 270 g/mol. The Hall–Kier alpha value is -1.62. The molecule has 94 valence electrons. The smallest absolute Gasteiger partial charge is 0.288 e. The van der Waals surface area contributed by atoms with Crippen LogP contribution >= 0.6 is 11.3 Å². The van der Waals surface area contributed by atoms with Crippen LogP contribution in [0.1, 0.15) is 26.4 Å². The third-order valence-electron chi connectivity index (χ3n) is 2.54. The van der Waals surface area contributed by atoms with Gasteiger partial charge in [-0.05, 0) is 36.1 Å². The lowest BCUT2D eigenvalue weighted by atomic mass is 10.0. The molecule has 0 spiro atoms. The maximum atomic E-state index is 12.5. The second-order valence-electron chi connectivity index (χ2n) is 3.83. The van der Waals surface area contributed by atoms with E-state index in [0.29, 0.717) is 16.0 Å². The van der Waals surface area contributed by atoms with E-state index in [9.17, 15) is 18.0 Å². The minimum Gasteiger partial charge on any atom is -0.288 e. The van der Waals surface area contributed by atoms with E-state index in [1.165, 1.54) is 24.3 Å². The molecule has 18 heavy (non-hydrogen) atoms. The van der Waals surface area contributed by atoms with Crippen molar-refractivity contribution in [2.45, 2.75) is 13.1 Å². The monoisotopic (exact) mass is 270 g/mol. The number of hydrogen-bond donors (Lipinski definition) is 0. The van der Waals surface area contributed by atoms with Gasteiger partial charge in [0.15, 0.2) is 0 Å². The van der Waals surface area contributed by atoms with E-state index in [0.717, 1.165) is 12.1 Å². The number of halogens is 3. The van der Waals surface area contributed by atoms with Crippen molar-refractivity contribution in [2.24, 2.45) is 0 Å². The van der Waals surface area contributed by atoms with Crippen molar-refractivity contribution in [1.29, 1.82) is 0 Å². The predicted molar refractivity (Wildman–Crippen MR) is 63.9 cm³/mol. The van der Waals surface area contributed by atoms with Crippen LogP contribution in [0.5, 0.6) is 0 Å². The minimum absolute atomic E-state index is 0.240. The average Bonchev–Trinajstić information content (AvgIpc) is 2.80. The number of thiophene rings is 1. The second kappa shape index (κ2) is 4.57. The molecule has 0 saturated carbocycles. The van der Waals surface area contributed by atoms with Crippen LogP contribution < -0.4 is 0 Å². The van der Waals surface area contributed by atoms with Crippen LogP contribution in [0.2, 0.25) is 0 Å². The summed E-state index contributed by atoms with van der Waals surface area (Å²) in [6, 6.07) is 6.57. The molecule has 0 bridgehead atoms. The number of rotatable bonds is 2. The zero-order valence-corrected chi connectivity index (χ0v) is 10.2. The van der Waals surface area contributed by atoms with Crippen molar-refractivity contribution in [1.82, 2.24) is 0 Å². The Morgan fingerprint density at radius 3 is 2.44 bits per heavy atom. The van der Waals surface area contributed by atoms with Crippen LogP contribution in [0, 0.1) is 6.92 Å². The van der Waals surface area contributed by atoms with Gasteiger partial charge in [-0.2, -0.15) is 13.2 Å². The Labute approximate surface area is 106 Å². The van der Waals surface area contributed by atoms with Gasteiger partial charge in [0.2, 0.25) is 5.78 Å². The van der Waals surface area contributed by atoms with Crippen LogP contribution in [0.15, 0.2) is 35.7 Å². The first-order chi connectivity index (χ1) is 8.39. The highest BCUT2D eigenvalue weighted by Crippen LogP contribution is 2.31. The SMILES string of the molecule is Cc1cc(C(F)(F)F)ccc1C(=O)c1cccs1. The molecule has 1 aromatic carbocycles. The van der Waals surface area contributed by atoms with Gasteiger partial charge in [-0.25, -0.2) is 0 Å². The molecular formula is C13H9F3OS. The number of carbonyl (C=O) groups excluding carboxylic acids is 1. The van der Waals surface area contributed by atoms with Gasteiger partial charge in [-0.3, -0.25) is 4.79 Å². The molecule has 0 unspecified atom stereocenters. The molecule has 0 aliphatic carbocycles. The number of hydrogen-bond acceptors (Lipinski definition) is 2. The van der Waals surface area contributed by atoms with Gasteiger partial charge in [-0.1, -0.05) is 12.1 Å². The van der Waals surface area contributed by atoms with E-state index < -0.39 is 11.7 Å². The molecule has 0 amide bonds. The summed E-state index contributed by atoms with van der Waals surface area (Å²) in [4.78, 5) is 12.5. The normalized spacial score (nSPS) is 11.6. The molecule has 0 saturated heterocycles. The lowest BCUT2D eigenvalue weighted by Crippen LogP contribution is -2.08. The molecule has 0 aliphatic heterocycles. The maximum absolute atomic E-state index is 12.5. The molecule has 0 fully saturated rings. The van der Waals surface area contributed by atoms with Crippen LogP contribution in [0.3, 0.4) is 0 Å². The Morgan fingerprint density at radius 2 is 1.94 bits per heavy atom. The van der Waals surface area contributed by atoms with E-state index in [-0.39, 0.29) is 5.78 Å². The summed E-state index contributed by atoms with van der Waals surface area (Å²) in [5.74, 6) is -0.240. The fourth-order valence-corrected chi connectivity index (χ4v) is 2.31. The van der Waals surface area contributed by atoms with Gasteiger partial charge in [-0.15, -0.1) is 11.3 Å². The predicted octanol–water partition coefficient (Wildman–Crippen LogP) is 4.31. The van der Waals surface area contributed by atoms with Crippen LogP contribution in [-0.4, -0.2) is 5.78 Å². The quantitative estimate of drug-likeness (QED) is 0.743. The number of ketones is 1. The summed E-state index contributed by atoms with van der Waals surface area (Å²) in [7, 11) is 0. The highest BCUT2D eigenvalue weighted by Gasteiger charge is 2.31. The molecule has 5 heteroatoms. The standard InChI is InChI=1S/C13H9F3OS/c1-8-7-9(13(14,15)16)4-5-10(8)12(17)11-3-2-6-18-11/h2-7H,1H3. The van der Waals surface area contributed by atoms with Crippen molar-refractivity contribution in [3.8, 4) is 0 Å². The van der Waals surface area contributed by atoms with E-state index in [4.69, 9.17) is 0 Å². The van der Waals surface area contributed by atoms with Crippen molar-refractivity contribution in [3.63, 3.8) is 0 Å². The zero-order chi connectivity index (χ0) is 13.3. The second-order valence-corrected chi connectivity index (χ2v) is 4.78. The molecule has 0 aliphatic rings. The van der Waals surface area contributed by atoms with Gasteiger partial charge in [0.25, 0.3) is 0 Å². The third-order valence-corrected chi connectivity index (χ3v) is 3.41. The van der Waals surface area contributed by atoms with Gasteiger partial charge in [0.05, 0.1) is 10.4 Å². The van der Waals surface area contributed by atoms with E-state index in [2.05, 4.69) is 0 Å². The van der Waals surface area contributed by atoms with Crippen molar-refractivity contribution in [3.05, 3.63) is 57.3 Å². The summed E-state index contributed by atoms with van der Waals surface area (Å²) < 4.78 is 37.5. The van der Waals surface area contributed by atoms with Gasteiger partial charge in [0, 0.05) is 5.56 Å². The number of carbonyl (C=O) groups is 1. The van der Waals surface area contributed by atoms with Crippen LogP contribution in [0.25, 0.3) is 0 Å². The van der Waals surface area contributed by atoms with Crippen LogP contribution in [0.4, 0.5) is 13.2 Å². The first-order valence-electron chi connectivity index (χ1n) is 5.15. The molecule has 1 nitrogen and oxygen atoms in total. The van der Waals surface area contributed by atoms with Crippen molar-refractivity contribution < 1.29 is 18.0 Å². The first kappa shape index (κ1) is 12.8. The largest absolute Gasteiger partial charge is 0.416 e. The molecule has 0 radical (unpaired) electrons. The van der Waals surface area contributed by atoms with E-state index >= 15 is 0 Å². The van der Waals surface area contributed by atoms with E-state index in [1.54, 1.807) is 17.5 Å². The topological polar surface area (TPSA) is 17.1 Å². The highest BCUT2D eigenvalue weighted by molar-refractivity contribution is 7.12. The Kier molecular flexibility index (Phi) is 3.26. The Balaban J connectivity index is 2.40. The summed E-state index contributed by atoms with van der Waals surface area (Å²) in [6.45, 7) is 1.51. The van der Waals surface area contributed by atoms with Gasteiger partial charge >= 0.3 is 6.18 Å². The molecule has 0 N–H and O–H groups in total. The summed E-state index contributed by atoms with van der Waals surface area (Å²) >= 11 is 1.27. The Morgan fingerprint density at radius 1 is 1.22 bits per heavy atom. The maximum Gasteiger partial charge on any atom is 0.416 e. The summed E-state index contributed by atoms with van der Waals surface area (Å²) in [6.07, 6.45) is -4.38. The minimum atomic E-state index is -4.38. The van der Waals surface area contributed by atoms with Crippen molar-refractivity contribution >= 4 is 17.1 Å². The highest BCUT2D eigenvalue weighted by atomic mass is 32.1. The van der Waals surface area contributed by atoms with Crippen LogP contribution in [-0.2, 0) is 6.18 Å². The molecule has 1 heterocycles. The fourth-order valence-electron chi connectivity index (χ4n) is 1.64. The third kappa shape index (κ3) is 2.46. The molecule has 1 aromatic heterocycles. The lowest BCUT2D eigenvalue weighted by molar-refractivity contribution is -0.137. The zero-order valence-electron chi connectivity index (χ0n) is 9.41. The van der Waals surface area contributed by atoms with Gasteiger partial charge in [0.1, 0.15) is 0 Å². The fraction of sp³-hybridized carbons (Fsp3) is 0.154. The first-order valence-corrected chi connectivity index (χ1v) is 6.03. The number of aryl methyl sites for hydroxylation is 1. The molecular weight excluding hydrogens is 261 g/mol. The Bertz CT molecular complexity index is 570. The molecule has 0 atom stereocenters. The van der Waals surface area contributed by atoms with Crippen molar-refractivity contribution in [2.75, 3.05) is 0 Å². The van der Waals surface area contributed by atoms with E-state index in [1.807, 2.05) is 0 Å². The number of alkyl halides is 3. The van der Waals surface area contributed by atoms with Gasteiger partial charge < -0.3 is 0 Å². The summed E-state index contributed by atoms with van der Waals surface area (Å²) in [5, 5.41) is 1.76. The molecule has 2 rings (SSSR count). The summed E-state index contributed by atoms with van der Waals surface area (Å²) in [5.41, 5.74) is -0.0867. The number of benzene rings is 1.